The van der Waals surface area contributed by atoms with E-state index in [2.05, 4.69) is 25.7 Å². The van der Waals surface area contributed by atoms with Gasteiger partial charge in [0.2, 0.25) is 0 Å². The van der Waals surface area contributed by atoms with Crippen LogP contribution in [0.4, 0.5) is 0 Å². The number of hydrogen-bond acceptors (Lipinski definition) is 8. The number of fused-ring (bicyclic) bond motifs is 1. The molecule has 11 heteroatoms. The number of nitrogens with one attached hydrogen (secondary N) is 1. The molecule has 3 aromatic rings. The van der Waals surface area contributed by atoms with Gasteiger partial charge in [0.15, 0.2) is 5.82 Å². The molecule has 2 N–H and O–H groups in total. The Hall–Kier alpha value is -2.66. The molecule has 0 bridgehead atoms. The van der Waals surface area contributed by atoms with Gasteiger partial charge in [-0.15, -0.1) is 21.5 Å². The maximum absolute atomic E-state index is 12.7. The predicted octanol–water partition coefficient (Wildman–Crippen LogP) is -0.458. The Morgan fingerprint density at radius 1 is 1.48 bits per heavy atom. The Morgan fingerprint density at radius 2 is 2.24 bits per heavy atom. The van der Waals surface area contributed by atoms with Crippen molar-refractivity contribution in [1.29, 1.82) is 0 Å². The fourth-order valence-corrected chi connectivity index (χ4v) is 3.49. The van der Waals surface area contributed by atoms with E-state index >= 15 is 0 Å². The molecule has 25 heavy (non-hydrogen) atoms. The Kier molecular flexibility index (Phi) is 4.59. The van der Waals surface area contributed by atoms with Crippen molar-refractivity contribution in [3.05, 3.63) is 32.9 Å². The molecule has 10 nitrogen and oxygen atoms in total. The lowest BCUT2D eigenvalue weighted by Gasteiger charge is -2.02. The number of carbonyl (C=O) groups excluding carboxylic acids is 1. The van der Waals surface area contributed by atoms with Gasteiger partial charge < -0.3 is 10.4 Å². The van der Waals surface area contributed by atoms with E-state index < -0.39 is 6.10 Å². The smallest absolute Gasteiger partial charge is 0.262 e. The van der Waals surface area contributed by atoms with Crippen molar-refractivity contribution in [2.75, 3.05) is 7.05 Å². The van der Waals surface area contributed by atoms with Crippen molar-refractivity contribution in [1.82, 2.24) is 35.1 Å². The minimum absolute atomic E-state index is 0.103. The zero-order valence-corrected chi connectivity index (χ0v) is 14.7. The first-order chi connectivity index (χ1) is 11.9. The summed E-state index contributed by atoms with van der Waals surface area (Å²) in [7, 11) is 1.54. The first-order valence-corrected chi connectivity index (χ1v) is 8.37. The Morgan fingerprint density at radius 3 is 2.92 bits per heavy atom. The van der Waals surface area contributed by atoms with Gasteiger partial charge >= 0.3 is 0 Å². The highest BCUT2D eigenvalue weighted by atomic mass is 32.1. The summed E-state index contributed by atoms with van der Waals surface area (Å²) in [5.41, 5.74) is 0.345. The molecule has 1 atom stereocenters. The zero-order chi connectivity index (χ0) is 18.1. The van der Waals surface area contributed by atoms with Crippen LogP contribution in [0, 0.1) is 6.92 Å². The molecule has 132 valence electrons. The Bertz CT molecular complexity index is 988. The number of amides is 1. The summed E-state index contributed by atoms with van der Waals surface area (Å²) in [5, 5.41) is 24.1. The van der Waals surface area contributed by atoms with Crippen LogP contribution in [0.2, 0.25) is 0 Å². The molecular formula is C14H17N7O3S. The topological polar surface area (TPSA) is 128 Å². The highest BCUT2D eigenvalue weighted by molar-refractivity contribution is 7.20. The molecule has 0 saturated carbocycles. The van der Waals surface area contributed by atoms with E-state index in [1.165, 1.54) is 27.0 Å². The third-order valence-electron chi connectivity index (χ3n) is 3.58. The average Bonchev–Trinajstić information content (AvgIpc) is 3.13. The molecule has 0 aliphatic carbocycles. The predicted molar refractivity (Wildman–Crippen MR) is 90.6 cm³/mol. The van der Waals surface area contributed by atoms with Crippen LogP contribution >= 0.6 is 11.3 Å². The molecule has 0 unspecified atom stereocenters. The molecular weight excluding hydrogens is 346 g/mol. The van der Waals surface area contributed by atoms with Crippen LogP contribution in [0.1, 0.15) is 28.0 Å². The highest BCUT2D eigenvalue weighted by Crippen LogP contribution is 2.26. The summed E-state index contributed by atoms with van der Waals surface area (Å²) in [6.07, 6.45) is 0.809. The van der Waals surface area contributed by atoms with Gasteiger partial charge in [0.1, 0.15) is 4.83 Å². The van der Waals surface area contributed by atoms with Gasteiger partial charge in [-0.3, -0.25) is 14.2 Å². The standard InChI is InChI=1S/C14H17N7O3S/c1-7(22)4-21-18-9(17-19-21)5-20-6-16-13-10(14(20)24)8(2)11(25-13)12(23)15-3/h6-7,22H,4-5H2,1-3H3,(H,15,23)/t7-/m1/s1. The Balaban J connectivity index is 1.96. The SMILES string of the molecule is CNC(=O)c1sc2ncn(Cc3nnn(C[C@@H](C)O)n3)c(=O)c2c1C. The van der Waals surface area contributed by atoms with Gasteiger partial charge in [-0.2, -0.15) is 4.80 Å². The molecule has 0 radical (unpaired) electrons. The van der Waals surface area contributed by atoms with Crippen molar-refractivity contribution in [2.45, 2.75) is 33.0 Å². The highest BCUT2D eigenvalue weighted by Gasteiger charge is 2.19. The van der Waals surface area contributed by atoms with Crippen LogP contribution in [0.5, 0.6) is 0 Å². The van der Waals surface area contributed by atoms with E-state index in [1.54, 1.807) is 20.9 Å². The Labute approximate surface area is 146 Å². The summed E-state index contributed by atoms with van der Waals surface area (Å²) in [4.78, 5) is 31.2. The van der Waals surface area contributed by atoms with Crippen molar-refractivity contribution in [3.63, 3.8) is 0 Å². The quantitative estimate of drug-likeness (QED) is 0.628. The van der Waals surface area contributed by atoms with Crippen molar-refractivity contribution >= 4 is 27.5 Å². The van der Waals surface area contributed by atoms with Crippen LogP contribution < -0.4 is 10.9 Å². The van der Waals surface area contributed by atoms with Crippen molar-refractivity contribution < 1.29 is 9.90 Å². The second kappa shape index (κ2) is 6.69. The van der Waals surface area contributed by atoms with Gasteiger partial charge in [0.25, 0.3) is 11.5 Å². The number of carbonyl (C=O) groups is 1. The zero-order valence-electron chi connectivity index (χ0n) is 13.9. The van der Waals surface area contributed by atoms with E-state index in [9.17, 15) is 14.7 Å². The van der Waals surface area contributed by atoms with Crippen LogP contribution in [0.25, 0.3) is 10.2 Å². The van der Waals surface area contributed by atoms with Gasteiger partial charge in [-0.05, 0) is 24.6 Å². The van der Waals surface area contributed by atoms with Gasteiger partial charge in [-0.25, -0.2) is 4.98 Å². The van der Waals surface area contributed by atoms with E-state index in [0.717, 1.165) is 0 Å². The summed E-state index contributed by atoms with van der Waals surface area (Å²) < 4.78 is 1.37. The van der Waals surface area contributed by atoms with Gasteiger partial charge in [0, 0.05) is 7.05 Å². The third kappa shape index (κ3) is 3.28. The van der Waals surface area contributed by atoms with Crippen molar-refractivity contribution in [2.24, 2.45) is 0 Å². The molecule has 0 aliphatic heterocycles. The first kappa shape index (κ1) is 17.2. The molecule has 3 heterocycles. The number of aryl methyl sites for hydroxylation is 1. The number of hydrogen-bond donors (Lipinski definition) is 2. The average molecular weight is 363 g/mol. The molecule has 0 spiro atoms. The maximum Gasteiger partial charge on any atom is 0.262 e. The molecule has 0 saturated heterocycles. The fraction of sp³-hybridized carbons (Fsp3) is 0.429. The van der Waals surface area contributed by atoms with E-state index in [1.807, 2.05) is 0 Å². The lowest BCUT2D eigenvalue weighted by atomic mass is 10.2. The second-order valence-electron chi connectivity index (χ2n) is 5.60. The number of tetrazole rings is 1. The second-order valence-corrected chi connectivity index (χ2v) is 6.60. The van der Waals surface area contributed by atoms with E-state index in [4.69, 9.17) is 0 Å². The number of aliphatic hydroxyl groups is 1. The lowest BCUT2D eigenvalue weighted by Crippen LogP contribution is -2.22. The van der Waals surface area contributed by atoms with Crippen LogP contribution in [-0.4, -0.2) is 53.9 Å². The van der Waals surface area contributed by atoms with Crippen LogP contribution in [0.15, 0.2) is 11.1 Å². The first-order valence-electron chi connectivity index (χ1n) is 7.56. The van der Waals surface area contributed by atoms with Gasteiger partial charge in [-0.1, -0.05) is 0 Å². The minimum Gasteiger partial charge on any atom is -0.391 e. The molecule has 3 rings (SSSR count). The molecule has 0 fully saturated rings. The monoisotopic (exact) mass is 363 g/mol. The van der Waals surface area contributed by atoms with E-state index in [-0.39, 0.29) is 24.6 Å². The minimum atomic E-state index is -0.598. The molecule has 3 aromatic heterocycles. The maximum atomic E-state index is 12.7. The number of nitrogens with zero attached hydrogens (tertiary/aromatic N) is 6. The number of aliphatic hydroxyl groups excluding tert-OH is 1. The molecule has 0 aliphatic rings. The normalized spacial score (nSPS) is 12.5. The fourth-order valence-electron chi connectivity index (χ4n) is 2.41. The van der Waals surface area contributed by atoms with Gasteiger partial charge in [0.05, 0.1) is 35.8 Å². The van der Waals surface area contributed by atoms with Crippen LogP contribution in [0.3, 0.4) is 0 Å². The molecule has 1 amide bonds. The lowest BCUT2D eigenvalue weighted by molar-refractivity contribution is 0.0966. The molecule has 0 aromatic carbocycles. The summed E-state index contributed by atoms with van der Waals surface area (Å²) in [6.45, 7) is 3.67. The van der Waals surface area contributed by atoms with Crippen LogP contribution in [-0.2, 0) is 13.1 Å². The van der Waals surface area contributed by atoms with E-state index in [0.29, 0.717) is 26.5 Å². The number of aromatic nitrogens is 6. The third-order valence-corrected chi connectivity index (χ3v) is 4.78. The number of thiophene rings is 1. The number of rotatable bonds is 5. The van der Waals surface area contributed by atoms with Crippen molar-refractivity contribution in [3.8, 4) is 0 Å². The largest absolute Gasteiger partial charge is 0.391 e. The summed E-state index contributed by atoms with van der Waals surface area (Å²) in [6, 6.07) is 0. The summed E-state index contributed by atoms with van der Waals surface area (Å²) in [5.74, 6) is 0.0949. The summed E-state index contributed by atoms with van der Waals surface area (Å²) >= 11 is 1.18.